The Kier molecular flexibility index (Phi) is 3.04. The average Bonchev–Trinajstić information content (AvgIpc) is 3.06. The molecule has 1 heterocycles. The molecule has 0 spiro atoms. The SMILES string of the molecule is COc1ccc(-c2cc3c4ccccc4[nH]c3c3ccccc23)cc1. The maximum absolute atomic E-state index is 5.30. The molecule has 0 bridgehead atoms. The molecule has 4 aromatic carbocycles. The number of aromatic nitrogens is 1. The quantitative estimate of drug-likeness (QED) is 0.414. The third-order valence-corrected chi connectivity index (χ3v) is 4.92. The third kappa shape index (κ3) is 2.11. The van der Waals surface area contributed by atoms with E-state index in [4.69, 9.17) is 4.74 Å². The van der Waals surface area contributed by atoms with Gasteiger partial charge < -0.3 is 9.72 Å². The van der Waals surface area contributed by atoms with Gasteiger partial charge in [0, 0.05) is 21.7 Å². The molecule has 1 N–H and O–H groups in total. The molecule has 0 radical (unpaired) electrons. The van der Waals surface area contributed by atoms with Gasteiger partial charge in [-0.2, -0.15) is 0 Å². The van der Waals surface area contributed by atoms with Crippen LogP contribution in [0.25, 0.3) is 43.7 Å². The Balaban J connectivity index is 1.91. The lowest BCUT2D eigenvalue weighted by atomic mass is 9.95. The van der Waals surface area contributed by atoms with Crippen LogP contribution in [0.15, 0.2) is 78.9 Å². The summed E-state index contributed by atoms with van der Waals surface area (Å²) in [5.41, 5.74) is 4.82. The molecule has 5 rings (SSSR count). The molecule has 0 saturated heterocycles. The Morgan fingerprint density at radius 3 is 2.12 bits per heavy atom. The number of H-pyrrole nitrogens is 1. The van der Waals surface area contributed by atoms with Gasteiger partial charge in [0.1, 0.15) is 5.75 Å². The summed E-state index contributed by atoms with van der Waals surface area (Å²) >= 11 is 0. The molecule has 120 valence electrons. The fraction of sp³-hybridized carbons (Fsp3) is 0.0435. The molecule has 0 unspecified atom stereocenters. The monoisotopic (exact) mass is 323 g/mol. The molecule has 0 atom stereocenters. The van der Waals surface area contributed by atoms with Crippen molar-refractivity contribution in [1.82, 2.24) is 4.98 Å². The summed E-state index contributed by atoms with van der Waals surface area (Å²) in [5.74, 6) is 0.876. The van der Waals surface area contributed by atoms with Crippen LogP contribution < -0.4 is 4.74 Å². The summed E-state index contributed by atoms with van der Waals surface area (Å²) in [6.45, 7) is 0. The van der Waals surface area contributed by atoms with E-state index in [-0.39, 0.29) is 0 Å². The fourth-order valence-corrected chi connectivity index (χ4v) is 3.69. The number of hydrogen-bond donors (Lipinski definition) is 1. The number of nitrogens with one attached hydrogen (secondary N) is 1. The van der Waals surface area contributed by atoms with Gasteiger partial charge in [-0.05, 0) is 40.8 Å². The van der Waals surface area contributed by atoms with Gasteiger partial charge in [0.2, 0.25) is 0 Å². The number of hydrogen-bond acceptors (Lipinski definition) is 1. The molecule has 2 nitrogen and oxygen atoms in total. The van der Waals surface area contributed by atoms with Gasteiger partial charge in [-0.15, -0.1) is 0 Å². The van der Waals surface area contributed by atoms with Gasteiger partial charge in [-0.25, -0.2) is 0 Å². The molecule has 0 amide bonds. The predicted octanol–water partition coefficient (Wildman–Crippen LogP) is 6.15. The number of aromatic amines is 1. The smallest absolute Gasteiger partial charge is 0.118 e. The molecular weight excluding hydrogens is 306 g/mol. The van der Waals surface area contributed by atoms with E-state index in [9.17, 15) is 0 Å². The molecule has 2 heteroatoms. The maximum atomic E-state index is 5.30. The zero-order valence-electron chi connectivity index (χ0n) is 13.9. The van der Waals surface area contributed by atoms with Crippen LogP contribution in [0.4, 0.5) is 0 Å². The average molecular weight is 323 g/mol. The Morgan fingerprint density at radius 2 is 1.36 bits per heavy atom. The molecule has 25 heavy (non-hydrogen) atoms. The van der Waals surface area contributed by atoms with Gasteiger partial charge in [-0.3, -0.25) is 0 Å². The van der Waals surface area contributed by atoms with Crippen molar-refractivity contribution in [3.8, 4) is 16.9 Å². The van der Waals surface area contributed by atoms with Gasteiger partial charge in [0.15, 0.2) is 0 Å². The van der Waals surface area contributed by atoms with Crippen molar-refractivity contribution in [1.29, 1.82) is 0 Å². The number of fused-ring (bicyclic) bond motifs is 5. The van der Waals surface area contributed by atoms with E-state index in [2.05, 4.69) is 71.7 Å². The van der Waals surface area contributed by atoms with Crippen LogP contribution in [0.3, 0.4) is 0 Å². The predicted molar refractivity (Wildman–Crippen MR) is 105 cm³/mol. The molecule has 1 aromatic heterocycles. The standard InChI is InChI=1S/C23H17NO/c1-25-16-12-10-15(11-13-16)20-14-21-18-7-4-5-9-22(18)24-23(21)19-8-3-2-6-17(19)20/h2-14,24H,1H3. The molecule has 0 saturated carbocycles. The normalized spacial score (nSPS) is 11.4. The van der Waals surface area contributed by atoms with E-state index in [1.807, 2.05) is 12.1 Å². The van der Waals surface area contributed by atoms with E-state index in [0.29, 0.717) is 0 Å². The zero-order valence-corrected chi connectivity index (χ0v) is 13.9. The second kappa shape index (κ2) is 5.38. The van der Waals surface area contributed by atoms with Crippen molar-refractivity contribution in [3.05, 3.63) is 78.9 Å². The van der Waals surface area contributed by atoms with Crippen LogP contribution >= 0.6 is 0 Å². The van der Waals surface area contributed by atoms with Gasteiger partial charge >= 0.3 is 0 Å². The number of rotatable bonds is 2. The Labute approximate surface area is 145 Å². The summed E-state index contributed by atoms with van der Waals surface area (Å²) in [6, 6.07) is 27.7. The highest BCUT2D eigenvalue weighted by Gasteiger charge is 2.12. The summed E-state index contributed by atoms with van der Waals surface area (Å²) in [7, 11) is 1.70. The van der Waals surface area contributed by atoms with Crippen LogP contribution in [-0.2, 0) is 0 Å². The topological polar surface area (TPSA) is 25.0 Å². The lowest BCUT2D eigenvalue weighted by Gasteiger charge is -2.09. The van der Waals surface area contributed by atoms with Gasteiger partial charge in [0.05, 0.1) is 12.6 Å². The first-order chi connectivity index (χ1) is 12.3. The number of methoxy groups -OCH3 is 1. The maximum Gasteiger partial charge on any atom is 0.118 e. The number of ether oxygens (including phenoxy) is 1. The first-order valence-electron chi connectivity index (χ1n) is 8.42. The number of benzene rings is 4. The van der Waals surface area contributed by atoms with E-state index >= 15 is 0 Å². The van der Waals surface area contributed by atoms with Crippen molar-refractivity contribution in [3.63, 3.8) is 0 Å². The summed E-state index contributed by atoms with van der Waals surface area (Å²) in [5, 5.41) is 5.03. The van der Waals surface area contributed by atoms with Gasteiger partial charge in [0.25, 0.3) is 0 Å². The largest absolute Gasteiger partial charge is 0.497 e. The molecule has 0 aliphatic rings. The van der Waals surface area contributed by atoms with Crippen molar-refractivity contribution in [2.75, 3.05) is 7.11 Å². The van der Waals surface area contributed by atoms with Crippen LogP contribution in [-0.4, -0.2) is 12.1 Å². The van der Waals surface area contributed by atoms with E-state index < -0.39 is 0 Å². The van der Waals surface area contributed by atoms with E-state index in [1.165, 1.54) is 43.7 Å². The molecule has 0 fully saturated rings. The summed E-state index contributed by atoms with van der Waals surface area (Å²) in [4.78, 5) is 3.60. The minimum Gasteiger partial charge on any atom is -0.497 e. The van der Waals surface area contributed by atoms with Crippen molar-refractivity contribution < 1.29 is 4.74 Å². The lowest BCUT2D eigenvalue weighted by Crippen LogP contribution is -1.85. The van der Waals surface area contributed by atoms with Crippen LogP contribution in [0, 0.1) is 0 Å². The fourth-order valence-electron chi connectivity index (χ4n) is 3.69. The number of para-hydroxylation sites is 1. The Bertz CT molecular complexity index is 1220. The second-order valence-electron chi connectivity index (χ2n) is 6.29. The van der Waals surface area contributed by atoms with Crippen molar-refractivity contribution in [2.45, 2.75) is 0 Å². The first-order valence-corrected chi connectivity index (χ1v) is 8.42. The zero-order chi connectivity index (χ0) is 16.8. The van der Waals surface area contributed by atoms with Crippen LogP contribution in [0.2, 0.25) is 0 Å². The highest BCUT2D eigenvalue weighted by molar-refractivity contribution is 6.20. The molecule has 0 aliphatic carbocycles. The Morgan fingerprint density at radius 1 is 0.680 bits per heavy atom. The van der Waals surface area contributed by atoms with Crippen molar-refractivity contribution in [2.24, 2.45) is 0 Å². The van der Waals surface area contributed by atoms with E-state index in [0.717, 1.165) is 5.75 Å². The molecule has 5 aromatic rings. The van der Waals surface area contributed by atoms with Crippen LogP contribution in [0.5, 0.6) is 5.75 Å². The molecule has 0 aliphatic heterocycles. The third-order valence-electron chi connectivity index (χ3n) is 4.92. The highest BCUT2D eigenvalue weighted by atomic mass is 16.5. The van der Waals surface area contributed by atoms with E-state index in [1.54, 1.807) is 7.11 Å². The minimum absolute atomic E-state index is 0.876. The first kappa shape index (κ1) is 14.1. The van der Waals surface area contributed by atoms with Gasteiger partial charge in [-0.1, -0.05) is 54.6 Å². The van der Waals surface area contributed by atoms with Crippen molar-refractivity contribution >= 4 is 32.6 Å². The summed E-state index contributed by atoms with van der Waals surface area (Å²) < 4.78 is 5.30. The Hall–Kier alpha value is -3.26. The highest BCUT2D eigenvalue weighted by Crippen LogP contribution is 2.38. The minimum atomic E-state index is 0.876. The summed E-state index contributed by atoms with van der Waals surface area (Å²) in [6.07, 6.45) is 0. The van der Waals surface area contributed by atoms with Crippen LogP contribution in [0.1, 0.15) is 0 Å². The molecular formula is C23H17NO. The lowest BCUT2D eigenvalue weighted by molar-refractivity contribution is 0.415. The second-order valence-corrected chi connectivity index (χ2v) is 6.29.